The summed E-state index contributed by atoms with van der Waals surface area (Å²) in [5, 5.41) is 5.98. The summed E-state index contributed by atoms with van der Waals surface area (Å²) < 4.78 is 0. The van der Waals surface area contributed by atoms with Crippen LogP contribution < -0.4 is 10.6 Å². The highest BCUT2D eigenvalue weighted by Crippen LogP contribution is 2.13. The Morgan fingerprint density at radius 2 is 2.33 bits per heavy atom. The van der Waals surface area contributed by atoms with E-state index in [1.165, 1.54) is 25.9 Å². The van der Waals surface area contributed by atoms with E-state index in [1.807, 2.05) is 0 Å². The molecule has 4 heteroatoms. The van der Waals surface area contributed by atoms with Crippen molar-refractivity contribution in [2.75, 3.05) is 40.3 Å². The van der Waals surface area contributed by atoms with Crippen molar-refractivity contribution in [2.45, 2.75) is 19.3 Å². The Kier molecular flexibility index (Phi) is 5.65. The maximum Gasteiger partial charge on any atom is 0.221 e. The molecule has 1 atom stereocenters. The Balaban J connectivity index is 2.02. The molecule has 0 bridgehead atoms. The lowest BCUT2D eigenvalue weighted by Crippen LogP contribution is -2.38. The monoisotopic (exact) mass is 213 g/mol. The molecule has 4 nitrogen and oxygen atoms in total. The van der Waals surface area contributed by atoms with Gasteiger partial charge < -0.3 is 15.5 Å². The summed E-state index contributed by atoms with van der Waals surface area (Å²) >= 11 is 0. The van der Waals surface area contributed by atoms with Crippen LogP contribution in [0.3, 0.4) is 0 Å². The molecule has 1 unspecified atom stereocenters. The van der Waals surface area contributed by atoms with Crippen LogP contribution in [-0.2, 0) is 4.79 Å². The van der Waals surface area contributed by atoms with Crippen LogP contribution in [-0.4, -0.2) is 51.1 Å². The summed E-state index contributed by atoms with van der Waals surface area (Å²) in [7, 11) is 3.86. The van der Waals surface area contributed by atoms with E-state index in [-0.39, 0.29) is 5.91 Å². The average molecular weight is 213 g/mol. The fourth-order valence-corrected chi connectivity index (χ4v) is 2.07. The van der Waals surface area contributed by atoms with Crippen molar-refractivity contribution in [3.63, 3.8) is 0 Å². The Bertz CT molecular complexity index is 196. The average Bonchev–Trinajstić information content (AvgIpc) is 2.24. The zero-order chi connectivity index (χ0) is 11.1. The molecular formula is C11H23N3O. The van der Waals surface area contributed by atoms with Gasteiger partial charge in [0.2, 0.25) is 5.91 Å². The Hall–Kier alpha value is -0.610. The highest BCUT2D eigenvalue weighted by Gasteiger charge is 2.16. The van der Waals surface area contributed by atoms with Crippen LogP contribution in [0.15, 0.2) is 0 Å². The molecule has 1 fully saturated rings. The molecule has 88 valence electrons. The van der Waals surface area contributed by atoms with Crippen LogP contribution >= 0.6 is 0 Å². The molecule has 1 heterocycles. The number of nitrogens with zero attached hydrogens (tertiary/aromatic N) is 1. The summed E-state index contributed by atoms with van der Waals surface area (Å²) in [5.41, 5.74) is 0. The zero-order valence-corrected chi connectivity index (χ0v) is 9.88. The van der Waals surface area contributed by atoms with Gasteiger partial charge in [-0.05, 0) is 38.9 Å². The van der Waals surface area contributed by atoms with Gasteiger partial charge in [-0.15, -0.1) is 0 Å². The number of hydrogen-bond acceptors (Lipinski definition) is 3. The lowest BCUT2D eigenvalue weighted by atomic mass is 9.98. The smallest absolute Gasteiger partial charge is 0.221 e. The van der Waals surface area contributed by atoms with Crippen LogP contribution in [0.2, 0.25) is 0 Å². The molecule has 0 aliphatic carbocycles. The molecule has 0 aromatic heterocycles. The molecule has 0 radical (unpaired) electrons. The fourth-order valence-electron chi connectivity index (χ4n) is 2.07. The van der Waals surface area contributed by atoms with E-state index in [1.54, 1.807) is 7.05 Å². The zero-order valence-electron chi connectivity index (χ0n) is 9.88. The van der Waals surface area contributed by atoms with Gasteiger partial charge in [-0.1, -0.05) is 0 Å². The summed E-state index contributed by atoms with van der Waals surface area (Å²) in [6.07, 6.45) is 3.20. The minimum absolute atomic E-state index is 0.114. The summed E-state index contributed by atoms with van der Waals surface area (Å²) in [6, 6.07) is 0. The van der Waals surface area contributed by atoms with E-state index in [9.17, 15) is 4.79 Å². The first-order chi connectivity index (χ1) is 7.22. The third-order valence-electron chi connectivity index (χ3n) is 2.96. The van der Waals surface area contributed by atoms with E-state index in [4.69, 9.17) is 0 Å². The Morgan fingerprint density at radius 3 is 3.00 bits per heavy atom. The molecule has 15 heavy (non-hydrogen) atoms. The van der Waals surface area contributed by atoms with E-state index in [0.717, 1.165) is 19.0 Å². The van der Waals surface area contributed by atoms with Crippen LogP contribution in [0.4, 0.5) is 0 Å². The molecule has 0 aromatic carbocycles. The molecule has 2 N–H and O–H groups in total. The molecule has 1 saturated heterocycles. The van der Waals surface area contributed by atoms with Crippen LogP contribution in [0.25, 0.3) is 0 Å². The SMILES string of the molecule is CNC(=O)CCNCC1CCCN(C)C1. The van der Waals surface area contributed by atoms with Gasteiger partial charge in [-0.25, -0.2) is 0 Å². The van der Waals surface area contributed by atoms with Gasteiger partial charge in [0.1, 0.15) is 0 Å². The standard InChI is InChI=1S/C11H23N3O/c1-12-11(15)5-6-13-8-10-4-3-7-14(2)9-10/h10,13H,3-9H2,1-2H3,(H,12,15). The summed E-state index contributed by atoms with van der Waals surface area (Å²) in [4.78, 5) is 13.3. The van der Waals surface area contributed by atoms with Crippen LogP contribution in [0, 0.1) is 5.92 Å². The van der Waals surface area contributed by atoms with Crippen molar-refractivity contribution in [2.24, 2.45) is 5.92 Å². The maximum absolute atomic E-state index is 11.0. The van der Waals surface area contributed by atoms with E-state index in [2.05, 4.69) is 22.6 Å². The first kappa shape index (κ1) is 12.5. The van der Waals surface area contributed by atoms with Gasteiger partial charge in [-0.3, -0.25) is 4.79 Å². The predicted molar refractivity (Wildman–Crippen MR) is 61.8 cm³/mol. The molecule has 1 aliphatic rings. The number of nitrogens with one attached hydrogen (secondary N) is 2. The summed E-state index contributed by atoms with van der Waals surface area (Å²) in [6.45, 7) is 4.25. The molecule has 1 rings (SSSR count). The van der Waals surface area contributed by atoms with E-state index in [0.29, 0.717) is 6.42 Å². The Labute approximate surface area is 92.4 Å². The van der Waals surface area contributed by atoms with E-state index >= 15 is 0 Å². The number of rotatable bonds is 5. The number of carbonyl (C=O) groups is 1. The highest BCUT2D eigenvalue weighted by molar-refractivity contribution is 5.75. The molecular weight excluding hydrogens is 190 g/mol. The van der Waals surface area contributed by atoms with Gasteiger partial charge in [0.25, 0.3) is 0 Å². The quantitative estimate of drug-likeness (QED) is 0.635. The van der Waals surface area contributed by atoms with Crippen molar-refractivity contribution in [3.8, 4) is 0 Å². The molecule has 0 spiro atoms. The normalized spacial score (nSPS) is 22.7. The molecule has 0 aromatic rings. The first-order valence-electron chi connectivity index (χ1n) is 5.82. The number of carbonyl (C=O) groups excluding carboxylic acids is 1. The van der Waals surface area contributed by atoms with Gasteiger partial charge in [0.05, 0.1) is 0 Å². The van der Waals surface area contributed by atoms with Gasteiger partial charge in [-0.2, -0.15) is 0 Å². The second-order valence-electron chi connectivity index (χ2n) is 4.40. The summed E-state index contributed by atoms with van der Waals surface area (Å²) in [5.74, 6) is 0.872. The van der Waals surface area contributed by atoms with Crippen molar-refractivity contribution in [1.82, 2.24) is 15.5 Å². The second-order valence-corrected chi connectivity index (χ2v) is 4.40. The van der Waals surface area contributed by atoms with Crippen LogP contribution in [0.1, 0.15) is 19.3 Å². The van der Waals surface area contributed by atoms with Crippen molar-refractivity contribution in [3.05, 3.63) is 0 Å². The van der Waals surface area contributed by atoms with Crippen molar-refractivity contribution >= 4 is 5.91 Å². The number of likely N-dealkylation sites (tertiary alicyclic amines) is 1. The Morgan fingerprint density at radius 1 is 1.53 bits per heavy atom. The predicted octanol–water partition coefficient (Wildman–Crippen LogP) is 0.0539. The topological polar surface area (TPSA) is 44.4 Å². The minimum atomic E-state index is 0.114. The lowest BCUT2D eigenvalue weighted by molar-refractivity contribution is -0.120. The van der Waals surface area contributed by atoms with Gasteiger partial charge in [0.15, 0.2) is 0 Å². The van der Waals surface area contributed by atoms with Crippen molar-refractivity contribution < 1.29 is 4.79 Å². The molecule has 0 saturated carbocycles. The fraction of sp³-hybridized carbons (Fsp3) is 0.909. The second kappa shape index (κ2) is 6.80. The molecule has 1 aliphatic heterocycles. The van der Waals surface area contributed by atoms with E-state index < -0.39 is 0 Å². The maximum atomic E-state index is 11.0. The molecule has 1 amide bonds. The highest BCUT2D eigenvalue weighted by atomic mass is 16.1. The minimum Gasteiger partial charge on any atom is -0.359 e. The lowest BCUT2D eigenvalue weighted by Gasteiger charge is -2.29. The number of piperidine rings is 1. The van der Waals surface area contributed by atoms with Crippen molar-refractivity contribution in [1.29, 1.82) is 0 Å². The first-order valence-corrected chi connectivity index (χ1v) is 5.82. The van der Waals surface area contributed by atoms with Crippen LogP contribution in [0.5, 0.6) is 0 Å². The van der Waals surface area contributed by atoms with Gasteiger partial charge >= 0.3 is 0 Å². The number of amides is 1. The van der Waals surface area contributed by atoms with Gasteiger partial charge in [0, 0.05) is 26.6 Å². The largest absolute Gasteiger partial charge is 0.359 e. The third-order valence-corrected chi connectivity index (χ3v) is 2.96. The number of hydrogen-bond donors (Lipinski definition) is 2. The third kappa shape index (κ3) is 5.14.